The number of pyridine rings is 1. The normalized spacial score (nSPS) is 17.6. The molecule has 32 heavy (non-hydrogen) atoms. The monoisotopic (exact) mass is 428 g/mol. The lowest BCUT2D eigenvalue weighted by Crippen LogP contribution is -2.30. The van der Waals surface area contributed by atoms with E-state index in [1.807, 2.05) is 45.0 Å². The number of ether oxygens (including phenoxy) is 1. The number of Topliss-reactive ketones (excluding diaryl/α,β-unsaturated/α-hetero) is 1. The van der Waals surface area contributed by atoms with Crippen LogP contribution in [0.2, 0.25) is 0 Å². The van der Waals surface area contributed by atoms with Gasteiger partial charge < -0.3 is 9.84 Å². The van der Waals surface area contributed by atoms with Crippen LogP contribution in [-0.2, 0) is 9.59 Å². The van der Waals surface area contributed by atoms with Crippen LogP contribution in [0.3, 0.4) is 0 Å². The van der Waals surface area contributed by atoms with Gasteiger partial charge in [0, 0.05) is 11.8 Å². The van der Waals surface area contributed by atoms with E-state index in [1.165, 1.54) is 4.90 Å². The summed E-state index contributed by atoms with van der Waals surface area (Å²) in [6.07, 6.45) is 1.57. The molecule has 2 heterocycles. The van der Waals surface area contributed by atoms with Crippen LogP contribution in [0.25, 0.3) is 5.76 Å². The van der Waals surface area contributed by atoms with Crippen LogP contribution in [0.5, 0.6) is 5.75 Å². The van der Waals surface area contributed by atoms with Crippen molar-refractivity contribution in [2.24, 2.45) is 0 Å². The summed E-state index contributed by atoms with van der Waals surface area (Å²) in [5.41, 5.74) is 3.06. The molecule has 4 rings (SSSR count). The Balaban J connectivity index is 1.90. The van der Waals surface area contributed by atoms with Crippen molar-refractivity contribution in [1.29, 1.82) is 0 Å². The minimum absolute atomic E-state index is 0.0352. The highest BCUT2D eigenvalue weighted by Gasteiger charge is 2.47. The van der Waals surface area contributed by atoms with Crippen molar-refractivity contribution in [2.75, 3.05) is 11.5 Å². The van der Waals surface area contributed by atoms with Gasteiger partial charge in [-0.3, -0.25) is 14.5 Å². The molecule has 0 spiro atoms. The van der Waals surface area contributed by atoms with E-state index < -0.39 is 17.7 Å². The van der Waals surface area contributed by atoms with Gasteiger partial charge in [-0.25, -0.2) is 4.98 Å². The minimum Gasteiger partial charge on any atom is -0.507 e. The quantitative estimate of drug-likeness (QED) is 0.361. The molecule has 1 saturated heterocycles. The largest absolute Gasteiger partial charge is 0.507 e. The van der Waals surface area contributed by atoms with Crippen LogP contribution in [-0.4, -0.2) is 28.4 Å². The minimum atomic E-state index is -0.794. The summed E-state index contributed by atoms with van der Waals surface area (Å²) in [4.78, 5) is 31.9. The first-order chi connectivity index (χ1) is 15.4. The molecule has 6 nitrogen and oxygen atoms in total. The van der Waals surface area contributed by atoms with E-state index in [9.17, 15) is 14.7 Å². The van der Waals surface area contributed by atoms with Gasteiger partial charge in [-0.1, -0.05) is 35.9 Å². The van der Waals surface area contributed by atoms with Crippen LogP contribution in [0.1, 0.15) is 35.2 Å². The van der Waals surface area contributed by atoms with Gasteiger partial charge in [0.25, 0.3) is 5.78 Å². The van der Waals surface area contributed by atoms with E-state index in [1.54, 1.807) is 42.6 Å². The molecule has 1 atom stereocenters. The molecule has 1 amide bonds. The zero-order chi connectivity index (χ0) is 22.8. The number of ketones is 1. The van der Waals surface area contributed by atoms with Crippen molar-refractivity contribution < 1.29 is 19.4 Å². The molecule has 0 saturated carbocycles. The third-order valence-electron chi connectivity index (χ3n) is 5.48. The number of carbonyl (C=O) groups excluding carboxylic acids is 2. The van der Waals surface area contributed by atoms with Gasteiger partial charge in [0.15, 0.2) is 0 Å². The van der Waals surface area contributed by atoms with Crippen LogP contribution < -0.4 is 9.64 Å². The molecular formula is C26H24N2O4. The summed E-state index contributed by atoms with van der Waals surface area (Å²) in [7, 11) is 0. The summed E-state index contributed by atoms with van der Waals surface area (Å²) in [5.74, 6) is -0.641. The Morgan fingerprint density at radius 2 is 1.81 bits per heavy atom. The predicted molar refractivity (Wildman–Crippen MR) is 123 cm³/mol. The van der Waals surface area contributed by atoms with Gasteiger partial charge in [-0.15, -0.1) is 0 Å². The number of benzene rings is 2. The Kier molecular flexibility index (Phi) is 5.77. The second kappa shape index (κ2) is 8.67. The van der Waals surface area contributed by atoms with Gasteiger partial charge in [0.1, 0.15) is 17.3 Å². The number of aryl methyl sites for hydroxylation is 2. The van der Waals surface area contributed by atoms with Gasteiger partial charge in [-0.05, 0) is 62.2 Å². The van der Waals surface area contributed by atoms with Crippen molar-refractivity contribution in [1.82, 2.24) is 4.98 Å². The number of amides is 1. The molecule has 6 heteroatoms. The van der Waals surface area contributed by atoms with E-state index in [4.69, 9.17) is 4.74 Å². The predicted octanol–water partition coefficient (Wildman–Crippen LogP) is 4.72. The highest BCUT2D eigenvalue weighted by molar-refractivity contribution is 6.51. The molecule has 3 aromatic rings. The van der Waals surface area contributed by atoms with E-state index >= 15 is 0 Å². The molecule has 1 N–H and O–H groups in total. The van der Waals surface area contributed by atoms with Crippen molar-refractivity contribution >= 4 is 23.3 Å². The first-order valence-electron chi connectivity index (χ1n) is 10.4. The van der Waals surface area contributed by atoms with Crippen LogP contribution in [0, 0.1) is 13.8 Å². The average molecular weight is 428 g/mol. The standard InChI is InChI=1S/C26H24N2O4/c1-4-32-20-13-12-19(15-17(20)3)24(29)22-23(18-10-8-16(2)9-11-18)28(26(31)25(22)30)21-7-5-6-14-27-21/h5-15,23,29H,4H2,1-3H3/b24-22+. The summed E-state index contributed by atoms with van der Waals surface area (Å²) in [5, 5.41) is 11.2. The number of nitrogens with zero attached hydrogens (tertiary/aromatic N) is 2. The fourth-order valence-corrected chi connectivity index (χ4v) is 3.90. The zero-order valence-corrected chi connectivity index (χ0v) is 18.2. The SMILES string of the molecule is CCOc1ccc(/C(O)=C2\C(=O)C(=O)N(c3ccccn3)C2c2ccc(C)cc2)cc1C. The van der Waals surface area contributed by atoms with Gasteiger partial charge in [0.2, 0.25) is 0 Å². The van der Waals surface area contributed by atoms with Crippen molar-refractivity contribution in [3.63, 3.8) is 0 Å². The van der Waals surface area contributed by atoms with Crippen molar-refractivity contribution in [3.05, 3.63) is 94.7 Å². The molecule has 162 valence electrons. The molecule has 0 aliphatic carbocycles. The number of hydrogen-bond acceptors (Lipinski definition) is 5. The van der Waals surface area contributed by atoms with E-state index in [-0.39, 0.29) is 11.3 Å². The Bertz CT molecular complexity index is 1200. The number of aliphatic hydroxyl groups excluding tert-OH is 1. The number of aromatic nitrogens is 1. The van der Waals surface area contributed by atoms with Crippen LogP contribution >= 0.6 is 0 Å². The number of hydrogen-bond donors (Lipinski definition) is 1. The topological polar surface area (TPSA) is 79.7 Å². The van der Waals surface area contributed by atoms with Crippen LogP contribution in [0.15, 0.2) is 72.4 Å². The molecule has 1 aliphatic heterocycles. The first kappa shape index (κ1) is 21.3. The van der Waals surface area contributed by atoms with Crippen LogP contribution in [0.4, 0.5) is 5.82 Å². The summed E-state index contributed by atoms with van der Waals surface area (Å²) >= 11 is 0. The fraction of sp³-hybridized carbons (Fsp3) is 0.192. The van der Waals surface area contributed by atoms with Gasteiger partial charge in [0.05, 0.1) is 18.2 Å². The Labute approximate surface area is 186 Å². The first-order valence-corrected chi connectivity index (χ1v) is 10.4. The number of anilines is 1. The Hall–Kier alpha value is -3.93. The molecule has 0 radical (unpaired) electrons. The van der Waals surface area contributed by atoms with E-state index in [2.05, 4.69) is 4.98 Å². The summed E-state index contributed by atoms with van der Waals surface area (Å²) < 4.78 is 5.58. The Morgan fingerprint density at radius 3 is 2.44 bits per heavy atom. The van der Waals surface area contributed by atoms with Gasteiger partial charge in [-0.2, -0.15) is 0 Å². The molecular weight excluding hydrogens is 404 g/mol. The molecule has 0 bridgehead atoms. The summed E-state index contributed by atoms with van der Waals surface area (Å²) in [6.45, 7) is 6.25. The number of rotatable bonds is 5. The molecule has 2 aromatic carbocycles. The number of carbonyl (C=O) groups is 2. The third-order valence-corrected chi connectivity index (χ3v) is 5.48. The number of aliphatic hydroxyl groups is 1. The molecule has 1 fully saturated rings. The highest BCUT2D eigenvalue weighted by Crippen LogP contribution is 2.41. The van der Waals surface area contributed by atoms with E-state index in [0.29, 0.717) is 29.3 Å². The summed E-state index contributed by atoms with van der Waals surface area (Å²) in [6, 6.07) is 17.1. The highest BCUT2D eigenvalue weighted by atomic mass is 16.5. The third kappa shape index (κ3) is 3.75. The maximum atomic E-state index is 13.1. The average Bonchev–Trinajstić information content (AvgIpc) is 3.06. The lowest BCUT2D eigenvalue weighted by atomic mass is 9.94. The second-order valence-electron chi connectivity index (χ2n) is 7.68. The fourth-order valence-electron chi connectivity index (χ4n) is 3.90. The van der Waals surface area contributed by atoms with Crippen molar-refractivity contribution in [3.8, 4) is 5.75 Å². The Morgan fingerprint density at radius 1 is 1.06 bits per heavy atom. The maximum absolute atomic E-state index is 13.1. The van der Waals surface area contributed by atoms with Crippen molar-refractivity contribution in [2.45, 2.75) is 26.8 Å². The molecule has 1 aromatic heterocycles. The zero-order valence-electron chi connectivity index (χ0n) is 18.2. The van der Waals surface area contributed by atoms with Gasteiger partial charge >= 0.3 is 5.91 Å². The van der Waals surface area contributed by atoms with E-state index in [0.717, 1.165) is 11.1 Å². The molecule has 1 unspecified atom stereocenters. The lowest BCUT2D eigenvalue weighted by molar-refractivity contribution is -0.132. The second-order valence-corrected chi connectivity index (χ2v) is 7.68. The molecule has 1 aliphatic rings. The maximum Gasteiger partial charge on any atom is 0.301 e. The lowest BCUT2D eigenvalue weighted by Gasteiger charge is -2.24. The smallest absolute Gasteiger partial charge is 0.301 e.